The molecule has 0 bridgehead atoms. The van der Waals surface area contributed by atoms with Crippen molar-refractivity contribution in [2.45, 2.75) is 6.61 Å². The molecule has 2 aromatic carbocycles. The Hall–Kier alpha value is -2.67. The minimum absolute atomic E-state index is 0.352. The number of nitriles is 1. The van der Waals surface area contributed by atoms with Gasteiger partial charge in [0.25, 0.3) is 0 Å². The van der Waals surface area contributed by atoms with Gasteiger partial charge >= 0.3 is 0 Å². The summed E-state index contributed by atoms with van der Waals surface area (Å²) < 4.78 is 10.8. The lowest BCUT2D eigenvalue weighted by Crippen LogP contribution is -2.00. The van der Waals surface area contributed by atoms with Crippen molar-refractivity contribution >= 4 is 5.69 Å². The van der Waals surface area contributed by atoms with Gasteiger partial charge in [0, 0.05) is 17.3 Å². The molecule has 0 amide bonds. The van der Waals surface area contributed by atoms with Gasteiger partial charge in [-0.15, -0.1) is 0 Å². The van der Waals surface area contributed by atoms with E-state index < -0.39 is 0 Å². The number of nitrogens with zero attached hydrogens (tertiary/aromatic N) is 1. The predicted octanol–water partition coefficient (Wildman–Crippen LogP) is 2.73. The molecule has 0 saturated carbocycles. The Morgan fingerprint density at radius 1 is 1.16 bits per heavy atom. The smallest absolute Gasteiger partial charge is 0.124 e. The molecule has 0 aliphatic carbocycles. The summed E-state index contributed by atoms with van der Waals surface area (Å²) in [6.07, 6.45) is 0. The summed E-state index contributed by atoms with van der Waals surface area (Å²) in [5, 5.41) is 8.93. The lowest BCUT2D eigenvalue weighted by molar-refractivity contribution is 0.304. The summed E-state index contributed by atoms with van der Waals surface area (Å²) in [6.45, 7) is 0.352. The van der Waals surface area contributed by atoms with Crippen molar-refractivity contribution in [2.24, 2.45) is 0 Å². The Morgan fingerprint density at radius 3 is 2.58 bits per heavy atom. The number of ether oxygens (including phenoxy) is 2. The van der Waals surface area contributed by atoms with E-state index in [0.29, 0.717) is 29.4 Å². The summed E-state index contributed by atoms with van der Waals surface area (Å²) in [5.74, 6) is 1.18. The SMILES string of the molecule is COc1cc(C#N)cc(OCc2ccccc2N)c1. The minimum atomic E-state index is 0.352. The van der Waals surface area contributed by atoms with Gasteiger partial charge in [0.1, 0.15) is 18.1 Å². The molecule has 2 N–H and O–H groups in total. The highest BCUT2D eigenvalue weighted by molar-refractivity contribution is 5.47. The van der Waals surface area contributed by atoms with Gasteiger partial charge in [0.2, 0.25) is 0 Å². The van der Waals surface area contributed by atoms with Crippen molar-refractivity contribution in [1.29, 1.82) is 5.26 Å². The van der Waals surface area contributed by atoms with Crippen LogP contribution in [0.4, 0.5) is 5.69 Å². The summed E-state index contributed by atoms with van der Waals surface area (Å²) in [6, 6.07) is 14.6. The molecule has 0 aliphatic rings. The second-order valence-corrected chi connectivity index (χ2v) is 4.00. The highest BCUT2D eigenvalue weighted by atomic mass is 16.5. The van der Waals surface area contributed by atoms with Gasteiger partial charge in [0.05, 0.1) is 18.7 Å². The second kappa shape index (κ2) is 5.78. The molecule has 0 spiro atoms. The van der Waals surface area contributed by atoms with Crippen LogP contribution in [0, 0.1) is 11.3 Å². The quantitative estimate of drug-likeness (QED) is 0.852. The van der Waals surface area contributed by atoms with Crippen LogP contribution in [-0.2, 0) is 6.61 Å². The Labute approximate surface area is 112 Å². The Bertz CT molecular complexity index is 618. The first-order chi connectivity index (χ1) is 9.22. The number of hydrogen-bond acceptors (Lipinski definition) is 4. The molecule has 0 aromatic heterocycles. The maximum Gasteiger partial charge on any atom is 0.124 e. The van der Waals surface area contributed by atoms with Crippen LogP contribution in [0.1, 0.15) is 11.1 Å². The monoisotopic (exact) mass is 254 g/mol. The summed E-state index contributed by atoms with van der Waals surface area (Å²) in [4.78, 5) is 0. The maximum absolute atomic E-state index is 8.93. The van der Waals surface area contributed by atoms with Crippen LogP contribution in [0.25, 0.3) is 0 Å². The zero-order chi connectivity index (χ0) is 13.7. The van der Waals surface area contributed by atoms with E-state index in [9.17, 15) is 0 Å². The van der Waals surface area contributed by atoms with Crippen LogP contribution in [0.2, 0.25) is 0 Å². The van der Waals surface area contributed by atoms with Gasteiger partial charge in [-0.05, 0) is 18.2 Å². The summed E-state index contributed by atoms with van der Waals surface area (Å²) >= 11 is 0. The van der Waals surface area contributed by atoms with Crippen molar-refractivity contribution in [3.8, 4) is 17.6 Å². The third-order valence-corrected chi connectivity index (χ3v) is 2.69. The zero-order valence-electron chi connectivity index (χ0n) is 10.6. The first-order valence-electron chi connectivity index (χ1n) is 5.78. The number of hydrogen-bond donors (Lipinski definition) is 1. The van der Waals surface area contributed by atoms with E-state index in [1.165, 1.54) is 0 Å². The molecule has 4 heteroatoms. The summed E-state index contributed by atoms with van der Waals surface area (Å²) in [5.41, 5.74) is 7.93. The highest BCUT2D eigenvalue weighted by Crippen LogP contribution is 2.23. The Morgan fingerprint density at radius 2 is 1.89 bits per heavy atom. The molecule has 19 heavy (non-hydrogen) atoms. The van der Waals surface area contributed by atoms with Crippen molar-refractivity contribution < 1.29 is 9.47 Å². The fourth-order valence-electron chi connectivity index (χ4n) is 1.66. The molecule has 0 aliphatic heterocycles. The van der Waals surface area contributed by atoms with Crippen molar-refractivity contribution in [3.63, 3.8) is 0 Å². The van der Waals surface area contributed by atoms with Crippen molar-refractivity contribution in [2.75, 3.05) is 12.8 Å². The largest absolute Gasteiger partial charge is 0.497 e. The van der Waals surface area contributed by atoms with E-state index in [2.05, 4.69) is 6.07 Å². The number of benzene rings is 2. The van der Waals surface area contributed by atoms with E-state index in [4.69, 9.17) is 20.5 Å². The van der Waals surface area contributed by atoms with E-state index in [1.54, 1.807) is 25.3 Å². The lowest BCUT2D eigenvalue weighted by Gasteiger charge is -2.10. The summed E-state index contributed by atoms with van der Waals surface area (Å²) in [7, 11) is 1.55. The molecule has 2 aromatic rings. The van der Waals surface area contributed by atoms with Gasteiger partial charge < -0.3 is 15.2 Å². The molecule has 4 nitrogen and oxygen atoms in total. The lowest BCUT2D eigenvalue weighted by atomic mass is 10.2. The fraction of sp³-hybridized carbons (Fsp3) is 0.133. The van der Waals surface area contributed by atoms with Gasteiger partial charge in [-0.1, -0.05) is 18.2 Å². The van der Waals surface area contributed by atoms with E-state index in [0.717, 1.165) is 5.56 Å². The Kier molecular flexibility index (Phi) is 3.89. The van der Waals surface area contributed by atoms with Gasteiger partial charge in [-0.3, -0.25) is 0 Å². The number of nitrogens with two attached hydrogens (primary N) is 1. The van der Waals surface area contributed by atoms with E-state index in [-0.39, 0.29) is 0 Å². The van der Waals surface area contributed by atoms with E-state index >= 15 is 0 Å². The zero-order valence-corrected chi connectivity index (χ0v) is 10.6. The molecule has 0 atom stereocenters. The number of rotatable bonds is 4. The first kappa shape index (κ1) is 12.8. The molecular formula is C15H14N2O2. The minimum Gasteiger partial charge on any atom is -0.497 e. The van der Waals surface area contributed by atoms with Gasteiger partial charge in [-0.25, -0.2) is 0 Å². The normalized spacial score (nSPS) is 9.68. The van der Waals surface area contributed by atoms with Gasteiger partial charge in [0.15, 0.2) is 0 Å². The first-order valence-corrected chi connectivity index (χ1v) is 5.78. The second-order valence-electron chi connectivity index (χ2n) is 4.00. The number of nitrogen functional groups attached to an aromatic ring is 1. The van der Waals surface area contributed by atoms with Crippen LogP contribution >= 0.6 is 0 Å². The molecule has 0 fully saturated rings. The Balaban J connectivity index is 2.16. The van der Waals surface area contributed by atoms with Crippen molar-refractivity contribution in [3.05, 3.63) is 53.6 Å². The topological polar surface area (TPSA) is 68.3 Å². The molecule has 0 saturated heterocycles. The van der Waals surface area contributed by atoms with Crippen LogP contribution < -0.4 is 15.2 Å². The predicted molar refractivity (Wildman–Crippen MR) is 72.9 cm³/mol. The number of methoxy groups -OCH3 is 1. The maximum atomic E-state index is 8.93. The highest BCUT2D eigenvalue weighted by Gasteiger charge is 2.04. The van der Waals surface area contributed by atoms with Crippen LogP contribution in [0.5, 0.6) is 11.5 Å². The molecular weight excluding hydrogens is 240 g/mol. The average Bonchev–Trinajstić information content (AvgIpc) is 2.46. The number of anilines is 1. The van der Waals surface area contributed by atoms with Crippen LogP contribution in [0.15, 0.2) is 42.5 Å². The molecule has 2 rings (SSSR count). The van der Waals surface area contributed by atoms with Crippen LogP contribution in [0.3, 0.4) is 0 Å². The molecule has 96 valence electrons. The van der Waals surface area contributed by atoms with E-state index in [1.807, 2.05) is 24.3 Å². The van der Waals surface area contributed by atoms with Crippen LogP contribution in [-0.4, -0.2) is 7.11 Å². The van der Waals surface area contributed by atoms with Crippen molar-refractivity contribution in [1.82, 2.24) is 0 Å². The molecule has 0 unspecified atom stereocenters. The van der Waals surface area contributed by atoms with Gasteiger partial charge in [-0.2, -0.15) is 5.26 Å². The fourth-order valence-corrected chi connectivity index (χ4v) is 1.66. The average molecular weight is 254 g/mol. The number of para-hydroxylation sites is 1. The molecule has 0 radical (unpaired) electrons. The molecule has 0 heterocycles. The third-order valence-electron chi connectivity index (χ3n) is 2.69. The third kappa shape index (κ3) is 3.17. The standard InChI is InChI=1S/C15H14N2O2/c1-18-13-6-11(9-16)7-14(8-13)19-10-12-4-2-3-5-15(12)17/h2-8H,10,17H2,1H3.